The molecule has 0 aliphatic carbocycles. The average molecular weight is 272 g/mol. The van der Waals surface area contributed by atoms with Gasteiger partial charge >= 0.3 is 0 Å². The molecule has 19 heavy (non-hydrogen) atoms. The Morgan fingerprint density at radius 2 is 1.89 bits per heavy atom. The Labute approximate surface area is 118 Å². The first-order valence-electron chi connectivity index (χ1n) is 7.51. The van der Waals surface area contributed by atoms with Crippen LogP contribution < -0.4 is 11.1 Å². The Bertz CT molecular complexity index is 257. The smallest absolute Gasteiger partial charge is 0.237 e. The van der Waals surface area contributed by atoms with Crippen LogP contribution in [-0.4, -0.2) is 30.2 Å². The molecule has 0 saturated carbocycles. The minimum Gasteiger partial charge on any atom is -0.378 e. The zero-order valence-corrected chi connectivity index (χ0v) is 13.3. The predicted molar refractivity (Wildman–Crippen MR) is 80.0 cm³/mol. The number of nitrogens with one attached hydrogen (secondary N) is 1. The molecule has 4 nitrogen and oxygen atoms in total. The summed E-state index contributed by atoms with van der Waals surface area (Å²) in [5.74, 6) is -0.317. The molecule has 0 aromatic carbocycles. The Morgan fingerprint density at radius 1 is 1.26 bits per heavy atom. The van der Waals surface area contributed by atoms with E-state index >= 15 is 0 Å². The molecule has 2 unspecified atom stereocenters. The molecule has 0 rings (SSSR count). The molecule has 0 aromatic heterocycles. The fourth-order valence-electron chi connectivity index (χ4n) is 2.31. The average Bonchev–Trinajstić information content (AvgIpc) is 2.27. The van der Waals surface area contributed by atoms with E-state index in [-0.39, 0.29) is 18.1 Å². The van der Waals surface area contributed by atoms with E-state index in [0.717, 1.165) is 13.0 Å². The van der Waals surface area contributed by atoms with E-state index in [9.17, 15) is 4.79 Å². The van der Waals surface area contributed by atoms with Gasteiger partial charge in [-0.1, -0.05) is 26.2 Å². The second-order valence-electron chi connectivity index (χ2n) is 5.94. The molecule has 0 aliphatic rings. The summed E-state index contributed by atoms with van der Waals surface area (Å²) < 4.78 is 5.77. The first-order chi connectivity index (χ1) is 8.81. The Hall–Kier alpha value is -0.610. The standard InChI is InChI=1S/C15H32N2O2/c1-6-7-8-9-10-19-13(4)11-15(5,14(16)18)17-12(2)3/h12-13,17H,6-11H2,1-5H3,(H2,16,18). The summed E-state index contributed by atoms with van der Waals surface area (Å²) in [5.41, 5.74) is 4.81. The fourth-order valence-corrected chi connectivity index (χ4v) is 2.31. The van der Waals surface area contributed by atoms with Crippen molar-refractivity contribution in [3.8, 4) is 0 Å². The zero-order valence-electron chi connectivity index (χ0n) is 13.3. The maximum Gasteiger partial charge on any atom is 0.237 e. The van der Waals surface area contributed by atoms with Crippen molar-refractivity contribution in [3.63, 3.8) is 0 Å². The number of carbonyl (C=O) groups excluding carboxylic acids is 1. The van der Waals surface area contributed by atoms with Gasteiger partial charge in [0.25, 0.3) is 0 Å². The molecule has 0 bridgehead atoms. The van der Waals surface area contributed by atoms with E-state index in [1.165, 1.54) is 19.3 Å². The first-order valence-corrected chi connectivity index (χ1v) is 7.51. The third-order valence-corrected chi connectivity index (χ3v) is 3.25. The molecular weight excluding hydrogens is 240 g/mol. The normalized spacial score (nSPS) is 16.3. The van der Waals surface area contributed by atoms with E-state index in [1.807, 2.05) is 27.7 Å². The number of hydrogen-bond acceptors (Lipinski definition) is 3. The number of ether oxygens (including phenoxy) is 1. The van der Waals surface area contributed by atoms with Crippen LogP contribution in [0.1, 0.15) is 66.7 Å². The molecule has 0 spiro atoms. The van der Waals surface area contributed by atoms with Crippen LogP contribution in [0.25, 0.3) is 0 Å². The quantitative estimate of drug-likeness (QED) is 0.568. The number of unbranched alkanes of at least 4 members (excludes halogenated alkanes) is 3. The van der Waals surface area contributed by atoms with E-state index < -0.39 is 5.54 Å². The molecule has 2 atom stereocenters. The van der Waals surface area contributed by atoms with Crippen LogP contribution in [0.3, 0.4) is 0 Å². The van der Waals surface area contributed by atoms with Gasteiger partial charge < -0.3 is 15.8 Å². The minimum atomic E-state index is -0.697. The van der Waals surface area contributed by atoms with E-state index in [2.05, 4.69) is 12.2 Å². The molecular formula is C15H32N2O2. The van der Waals surface area contributed by atoms with Gasteiger partial charge in [0.2, 0.25) is 5.91 Å². The third kappa shape index (κ3) is 8.22. The number of amides is 1. The van der Waals surface area contributed by atoms with Gasteiger partial charge in [0.05, 0.1) is 11.6 Å². The van der Waals surface area contributed by atoms with Gasteiger partial charge in [-0.05, 0) is 34.1 Å². The van der Waals surface area contributed by atoms with Gasteiger partial charge in [0, 0.05) is 19.1 Å². The van der Waals surface area contributed by atoms with Crippen LogP contribution in [0, 0.1) is 0 Å². The van der Waals surface area contributed by atoms with Crippen molar-refractivity contribution >= 4 is 5.91 Å². The largest absolute Gasteiger partial charge is 0.378 e. The van der Waals surface area contributed by atoms with Crippen LogP contribution in [0.15, 0.2) is 0 Å². The first kappa shape index (κ1) is 18.4. The fraction of sp³-hybridized carbons (Fsp3) is 0.933. The highest BCUT2D eigenvalue weighted by molar-refractivity contribution is 5.84. The van der Waals surface area contributed by atoms with Crippen molar-refractivity contribution < 1.29 is 9.53 Å². The van der Waals surface area contributed by atoms with Gasteiger partial charge in [-0.25, -0.2) is 0 Å². The molecule has 4 heteroatoms. The van der Waals surface area contributed by atoms with E-state index in [1.54, 1.807) is 0 Å². The van der Waals surface area contributed by atoms with Crippen LogP contribution in [-0.2, 0) is 9.53 Å². The number of hydrogen-bond donors (Lipinski definition) is 2. The lowest BCUT2D eigenvalue weighted by Crippen LogP contribution is -2.57. The van der Waals surface area contributed by atoms with Gasteiger partial charge in [-0.15, -0.1) is 0 Å². The van der Waals surface area contributed by atoms with Crippen LogP contribution in [0.5, 0.6) is 0 Å². The lowest BCUT2D eigenvalue weighted by Gasteiger charge is -2.32. The maximum atomic E-state index is 11.6. The lowest BCUT2D eigenvalue weighted by atomic mass is 9.93. The summed E-state index contributed by atoms with van der Waals surface area (Å²) in [4.78, 5) is 11.6. The Kier molecular flexibility index (Phi) is 9.02. The molecule has 114 valence electrons. The zero-order chi connectivity index (χ0) is 14.9. The van der Waals surface area contributed by atoms with E-state index in [0.29, 0.717) is 6.42 Å². The van der Waals surface area contributed by atoms with Gasteiger partial charge in [-0.2, -0.15) is 0 Å². The summed E-state index contributed by atoms with van der Waals surface area (Å²) in [5, 5.41) is 3.24. The molecule has 0 radical (unpaired) electrons. The van der Waals surface area contributed by atoms with Gasteiger partial charge in [0.15, 0.2) is 0 Å². The topological polar surface area (TPSA) is 64.3 Å². The summed E-state index contributed by atoms with van der Waals surface area (Å²) in [7, 11) is 0. The summed E-state index contributed by atoms with van der Waals surface area (Å²) >= 11 is 0. The molecule has 3 N–H and O–H groups in total. The molecule has 0 aliphatic heterocycles. The maximum absolute atomic E-state index is 11.6. The van der Waals surface area contributed by atoms with Crippen molar-refractivity contribution in [2.75, 3.05) is 6.61 Å². The molecule has 0 aromatic rings. The van der Waals surface area contributed by atoms with Crippen LogP contribution in [0.4, 0.5) is 0 Å². The predicted octanol–water partition coefficient (Wildman–Crippen LogP) is 2.60. The summed E-state index contributed by atoms with van der Waals surface area (Å²) in [6, 6.07) is 0.217. The molecule has 0 heterocycles. The van der Waals surface area contributed by atoms with Crippen LogP contribution >= 0.6 is 0 Å². The number of carbonyl (C=O) groups is 1. The SMILES string of the molecule is CCCCCCOC(C)CC(C)(NC(C)C)C(N)=O. The van der Waals surface area contributed by atoms with Crippen molar-refractivity contribution in [2.24, 2.45) is 5.73 Å². The summed E-state index contributed by atoms with van der Waals surface area (Å²) in [6.07, 6.45) is 5.42. The Balaban J connectivity index is 4.10. The summed E-state index contributed by atoms with van der Waals surface area (Å²) in [6.45, 7) is 10.8. The monoisotopic (exact) mass is 272 g/mol. The molecule has 1 amide bonds. The van der Waals surface area contributed by atoms with Crippen molar-refractivity contribution in [1.29, 1.82) is 0 Å². The number of rotatable bonds is 11. The van der Waals surface area contributed by atoms with Crippen molar-refractivity contribution in [1.82, 2.24) is 5.32 Å². The number of nitrogens with two attached hydrogens (primary N) is 1. The van der Waals surface area contributed by atoms with Gasteiger partial charge in [0.1, 0.15) is 0 Å². The molecule has 0 fully saturated rings. The number of primary amides is 1. The molecule has 0 saturated heterocycles. The van der Waals surface area contributed by atoms with Crippen LogP contribution in [0.2, 0.25) is 0 Å². The lowest BCUT2D eigenvalue weighted by molar-refractivity contribution is -0.125. The van der Waals surface area contributed by atoms with Crippen molar-refractivity contribution in [2.45, 2.75) is 84.4 Å². The highest BCUT2D eigenvalue weighted by atomic mass is 16.5. The Morgan fingerprint density at radius 3 is 2.37 bits per heavy atom. The van der Waals surface area contributed by atoms with E-state index in [4.69, 9.17) is 10.5 Å². The van der Waals surface area contributed by atoms with Gasteiger partial charge in [-0.3, -0.25) is 4.79 Å². The highest BCUT2D eigenvalue weighted by Crippen LogP contribution is 2.16. The highest BCUT2D eigenvalue weighted by Gasteiger charge is 2.33. The third-order valence-electron chi connectivity index (χ3n) is 3.25. The second-order valence-corrected chi connectivity index (χ2v) is 5.94. The second kappa shape index (κ2) is 9.32. The van der Waals surface area contributed by atoms with Crippen molar-refractivity contribution in [3.05, 3.63) is 0 Å². The minimum absolute atomic E-state index is 0.0328.